The molecule has 0 unspecified atom stereocenters. The maximum atomic E-state index is 13.0. The first-order chi connectivity index (χ1) is 18.2. The molecule has 1 saturated heterocycles. The number of hydrogen-bond donors (Lipinski definition) is 2. The number of rotatable bonds is 4. The number of pyridine rings is 2. The van der Waals surface area contributed by atoms with Crippen LogP contribution in [0.4, 0.5) is 0 Å². The monoisotopic (exact) mass is 489 g/mol. The Balaban J connectivity index is 1.22. The summed E-state index contributed by atoms with van der Waals surface area (Å²) in [4.78, 5) is 30.1. The van der Waals surface area contributed by atoms with Crippen LogP contribution in [0, 0.1) is 0 Å². The second-order valence-corrected chi connectivity index (χ2v) is 9.23. The molecule has 7 rings (SSSR count). The molecule has 2 N–H and O–H groups in total. The highest BCUT2D eigenvalue weighted by molar-refractivity contribution is 6.02. The minimum absolute atomic E-state index is 0.114. The second-order valence-electron chi connectivity index (χ2n) is 9.23. The van der Waals surface area contributed by atoms with Gasteiger partial charge >= 0.3 is 0 Å². The summed E-state index contributed by atoms with van der Waals surface area (Å²) < 4.78 is 7.12. The number of nitrogens with zero attached hydrogens (tertiary/aromatic N) is 5. The van der Waals surface area contributed by atoms with E-state index in [4.69, 9.17) is 9.72 Å². The van der Waals surface area contributed by atoms with Gasteiger partial charge in [0, 0.05) is 65.9 Å². The van der Waals surface area contributed by atoms with Gasteiger partial charge in [-0.05, 0) is 54.8 Å². The molecular weight excluding hydrogens is 466 g/mol. The third-order valence-electron chi connectivity index (χ3n) is 6.93. The minimum atomic E-state index is -0.114. The number of hydrogen-bond acceptors (Lipinski definition) is 6. The van der Waals surface area contributed by atoms with Gasteiger partial charge in [0.15, 0.2) is 5.82 Å². The van der Waals surface area contributed by atoms with Gasteiger partial charge in [-0.1, -0.05) is 6.07 Å². The van der Waals surface area contributed by atoms with E-state index in [-0.39, 0.29) is 11.9 Å². The molecule has 5 aromatic heterocycles. The molecule has 9 heteroatoms. The molecule has 1 amide bonds. The molecule has 0 aliphatic carbocycles. The number of aromatic amines is 1. The van der Waals surface area contributed by atoms with Crippen molar-refractivity contribution in [1.82, 2.24) is 34.9 Å². The summed E-state index contributed by atoms with van der Waals surface area (Å²) in [6.45, 7) is 1.35. The molecule has 0 radical (unpaired) electrons. The van der Waals surface area contributed by atoms with Crippen LogP contribution in [-0.4, -0.2) is 54.7 Å². The number of benzene rings is 1. The van der Waals surface area contributed by atoms with Crippen LogP contribution >= 0.6 is 0 Å². The van der Waals surface area contributed by atoms with Crippen LogP contribution in [0.3, 0.4) is 0 Å². The lowest BCUT2D eigenvalue weighted by molar-refractivity contribution is 0.0697. The molecule has 0 saturated carbocycles. The Hall–Kier alpha value is -4.63. The molecule has 0 bridgehead atoms. The van der Waals surface area contributed by atoms with E-state index in [2.05, 4.69) is 25.4 Å². The highest BCUT2D eigenvalue weighted by atomic mass is 16.5. The van der Waals surface area contributed by atoms with Crippen molar-refractivity contribution in [1.29, 1.82) is 0 Å². The number of ether oxygens (including phenoxy) is 1. The summed E-state index contributed by atoms with van der Waals surface area (Å²) in [6.07, 6.45) is 10.7. The average Bonchev–Trinajstić information content (AvgIpc) is 3.57. The van der Waals surface area contributed by atoms with Gasteiger partial charge in [-0.15, -0.1) is 0 Å². The molecule has 37 heavy (non-hydrogen) atoms. The molecule has 0 spiro atoms. The zero-order valence-electron chi connectivity index (χ0n) is 19.9. The van der Waals surface area contributed by atoms with Crippen molar-refractivity contribution >= 4 is 33.4 Å². The number of aromatic nitrogens is 6. The molecule has 6 aromatic rings. The smallest absolute Gasteiger partial charge is 0.255 e. The zero-order valence-corrected chi connectivity index (χ0v) is 19.9. The van der Waals surface area contributed by atoms with E-state index >= 15 is 0 Å². The fourth-order valence-corrected chi connectivity index (χ4v) is 4.93. The lowest BCUT2D eigenvalue weighted by Gasteiger charge is -2.22. The second kappa shape index (κ2) is 8.79. The maximum Gasteiger partial charge on any atom is 0.255 e. The summed E-state index contributed by atoms with van der Waals surface area (Å²) in [7, 11) is 0. The van der Waals surface area contributed by atoms with E-state index in [1.54, 1.807) is 16.9 Å². The Morgan fingerprint density at radius 2 is 1.97 bits per heavy atom. The third kappa shape index (κ3) is 3.89. The lowest BCUT2D eigenvalue weighted by Crippen LogP contribution is -2.38. The van der Waals surface area contributed by atoms with Crippen molar-refractivity contribution in [2.24, 2.45) is 0 Å². The van der Waals surface area contributed by atoms with Crippen LogP contribution < -0.4 is 5.32 Å². The fraction of sp³-hybridized carbons (Fsp3) is 0.179. The van der Waals surface area contributed by atoms with E-state index < -0.39 is 0 Å². The zero-order chi connectivity index (χ0) is 24.8. The number of fused-ring (bicyclic) bond motifs is 3. The topological polar surface area (TPSA) is 110 Å². The predicted molar refractivity (Wildman–Crippen MR) is 140 cm³/mol. The summed E-state index contributed by atoms with van der Waals surface area (Å²) >= 11 is 0. The minimum Gasteiger partial charge on any atom is -0.381 e. The molecule has 1 fully saturated rings. The van der Waals surface area contributed by atoms with Gasteiger partial charge < -0.3 is 15.0 Å². The largest absolute Gasteiger partial charge is 0.381 e. The Kier molecular flexibility index (Phi) is 5.14. The van der Waals surface area contributed by atoms with Gasteiger partial charge in [-0.3, -0.25) is 9.78 Å². The van der Waals surface area contributed by atoms with E-state index in [1.807, 2.05) is 61.1 Å². The van der Waals surface area contributed by atoms with Gasteiger partial charge in [0.25, 0.3) is 5.91 Å². The normalized spacial score (nSPS) is 14.5. The van der Waals surface area contributed by atoms with E-state index in [0.29, 0.717) is 24.6 Å². The van der Waals surface area contributed by atoms with Gasteiger partial charge in [-0.25, -0.2) is 14.5 Å². The standard InChI is InChI=1S/C28H23N7O2/c36-28(33-20-6-10-37-11-7-20)23-16-32-35-9-5-17(13-25(23)35)21-14-31-27-22(21)15-30-26(34-27)19-3-4-24-18(12-19)2-1-8-29-24/h1-5,8-9,12-16,20H,6-7,10-11H2,(H,33,36)(H,30,31,34). The van der Waals surface area contributed by atoms with Crippen LogP contribution in [0.25, 0.3) is 50.0 Å². The Morgan fingerprint density at radius 3 is 2.89 bits per heavy atom. The van der Waals surface area contributed by atoms with Crippen LogP contribution in [-0.2, 0) is 4.74 Å². The number of H-pyrrole nitrogens is 1. The first-order valence-electron chi connectivity index (χ1n) is 12.3. The average molecular weight is 490 g/mol. The highest BCUT2D eigenvalue weighted by Crippen LogP contribution is 2.30. The number of carbonyl (C=O) groups is 1. The third-order valence-corrected chi connectivity index (χ3v) is 6.93. The molecule has 6 heterocycles. The van der Waals surface area contributed by atoms with Crippen molar-refractivity contribution in [2.75, 3.05) is 13.2 Å². The highest BCUT2D eigenvalue weighted by Gasteiger charge is 2.20. The predicted octanol–water partition coefficient (Wildman–Crippen LogP) is 4.40. The van der Waals surface area contributed by atoms with Crippen LogP contribution in [0.2, 0.25) is 0 Å². The van der Waals surface area contributed by atoms with E-state index in [0.717, 1.165) is 57.0 Å². The van der Waals surface area contributed by atoms with Crippen molar-refractivity contribution in [3.05, 3.63) is 79.0 Å². The van der Waals surface area contributed by atoms with Crippen molar-refractivity contribution < 1.29 is 9.53 Å². The molecule has 1 aromatic carbocycles. The lowest BCUT2D eigenvalue weighted by atomic mass is 10.1. The van der Waals surface area contributed by atoms with Crippen LogP contribution in [0.1, 0.15) is 23.2 Å². The van der Waals surface area contributed by atoms with Gasteiger partial charge in [-0.2, -0.15) is 5.10 Å². The van der Waals surface area contributed by atoms with Crippen molar-refractivity contribution in [3.8, 4) is 22.5 Å². The summed E-state index contributed by atoms with van der Waals surface area (Å²) in [5.41, 5.74) is 5.83. The Labute approximate surface area is 211 Å². The van der Waals surface area contributed by atoms with Crippen LogP contribution in [0.15, 0.2) is 73.4 Å². The van der Waals surface area contributed by atoms with Gasteiger partial charge in [0.2, 0.25) is 0 Å². The molecule has 0 atom stereocenters. The molecule has 1 aliphatic rings. The quantitative estimate of drug-likeness (QED) is 0.380. The Bertz CT molecular complexity index is 1780. The summed E-state index contributed by atoms with van der Waals surface area (Å²) in [6, 6.07) is 14.1. The van der Waals surface area contributed by atoms with Crippen LogP contribution in [0.5, 0.6) is 0 Å². The number of nitrogens with one attached hydrogen (secondary N) is 2. The summed E-state index contributed by atoms with van der Waals surface area (Å²) in [5.74, 6) is 0.529. The molecule has 1 aliphatic heterocycles. The number of amides is 1. The fourth-order valence-electron chi connectivity index (χ4n) is 4.93. The molecule has 182 valence electrons. The first kappa shape index (κ1) is 21.6. The SMILES string of the molecule is O=C(NC1CCOCC1)c1cnn2ccc(-c3c[nH]c4nc(-c5ccc6ncccc6c5)ncc34)cc12. The first-order valence-corrected chi connectivity index (χ1v) is 12.3. The van der Waals surface area contributed by atoms with E-state index in [1.165, 1.54) is 0 Å². The molecule has 9 nitrogen and oxygen atoms in total. The van der Waals surface area contributed by atoms with Crippen molar-refractivity contribution in [3.63, 3.8) is 0 Å². The Morgan fingerprint density at radius 1 is 1.05 bits per heavy atom. The van der Waals surface area contributed by atoms with Gasteiger partial charge in [0.1, 0.15) is 5.65 Å². The van der Waals surface area contributed by atoms with E-state index in [9.17, 15) is 4.79 Å². The maximum absolute atomic E-state index is 13.0. The summed E-state index contributed by atoms with van der Waals surface area (Å²) in [5, 5.41) is 9.46. The van der Waals surface area contributed by atoms with Crippen molar-refractivity contribution in [2.45, 2.75) is 18.9 Å². The molecular formula is C28H23N7O2. The van der Waals surface area contributed by atoms with Gasteiger partial charge in [0.05, 0.1) is 22.8 Å². The number of carbonyl (C=O) groups excluding carboxylic acids is 1.